The molecule has 1 aliphatic heterocycles. The van der Waals surface area contributed by atoms with Gasteiger partial charge in [0.25, 0.3) is 0 Å². The molecule has 1 saturated carbocycles. The zero-order valence-electron chi connectivity index (χ0n) is 21.9. The Balaban J connectivity index is 1.23. The third-order valence-electron chi connectivity index (χ3n) is 8.07. The van der Waals surface area contributed by atoms with Gasteiger partial charge in [-0.15, -0.1) is 0 Å². The Morgan fingerprint density at radius 2 is 1.82 bits per heavy atom. The van der Waals surface area contributed by atoms with Gasteiger partial charge in [-0.05, 0) is 56.1 Å². The van der Waals surface area contributed by atoms with Crippen molar-refractivity contribution >= 4 is 28.2 Å². The molecule has 2 fully saturated rings. The summed E-state index contributed by atoms with van der Waals surface area (Å²) in [5.41, 5.74) is 4.91. The van der Waals surface area contributed by atoms with E-state index >= 15 is 0 Å². The van der Waals surface area contributed by atoms with Crippen LogP contribution in [-0.2, 0) is 0 Å². The van der Waals surface area contributed by atoms with Gasteiger partial charge in [0, 0.05) is 60.9 Å². The highest BCUT2D eigenvalue weighted by Crippen LogP contribution is 2.36. The number of para-hydroxylation sites is 1. The molecular weight excluding hydrogens is 472 g/mol. The number of fused-ring (bicyclic) bond motifs is 1. The Morgan fingerprint density at radius 3 is 2.58 bits per heavy atom. The van der Waals surface area contributed by atoms with Gasteiger partial charge in [-0.2, -0.15) is 10.4 Å². The summed E-state index contributed by atoms with van der Waals surface area (Å²) >= 11 is 0. The fourth-order valence-corrected chi connectivity index (χ4v) is 5.85. The number of aromatic nitrogens is 4. The molecule has 0 amide bonds. The predicted octanol–water partition coefficient (Wildman–Crippen LogP) is 5.63. The molecule has 2 aromatic carbocycles. The van der Waals surface area contributed by atoms with Crippen LogP contribution < -0.4 is 10.2 Å². The van der Waals surface area contributed by atoms with Crippen molar-refractivity contribution < 1.29 is 0 Å². The SMILES string of the molecule is CN1CCN(c2ccc(Nc3ncc4cccc(-c5ccn(C(CC#N)C6CCCC6)n5)c4n3)cc2)CC1. The summed E-state index contributed by atoms with van der Waals surface area (Å²) in [4.78, 5) is 14.3. The van der Waals surface area contributed by atoms with Crippen LogP contribution in [0, 0.1) is 17.2 Å². The van der Waals surface area contributed by atoms with Gasteiger partial charge in [-0.25, -0.2) is 9.97 Å². The maximum absolute atomic E-state index is 9.45. The van der Waals surface area contributed by atoms with E-state index in [4.69, 9.17) is 10.1 Å². The lowest BCUT2D eigenvalue weighted by Gasteiger charge is -2.34. The molecule has 3 heterocycles. The van der Waals surface area contributed by atoms with Crippen LogP contribution >= 0.6 is 0 Å². The lowest BCUT2D eigenvalue weighted by Crippen LogP contribution is -2.44. The Bertz CT molecular complexity index is 1420. The summed E-state index contributed by atoms with van der Waals surface area (Å²) in [7, 11) is 2.17. The molecule has 0 bridgehead atoms. The summed E-state index contributed by atoms with van der Waals surface area (Å²) in [6, 6.07) is 19.2. The van der Waals surface area contributed by atoms with Gasteiger partial charge in [0.1, 0.15) is 0 Å². The van der Waals surface area contributed by atoms with Crippen molar-refractivity contribution in [1.29, 1.82) is 5.26 Å². The number of piperazine rings is 1. The highest BCUT2D eigenvalue weighted by molar-refractivity contribution is 5.92. The number of nitriles is 1. The van der Waals surface area contributed by atoms with Gasteiger partial charge >= 0.3 is 0 Å². The van der Waals surface area contributed by atoms with E-state index in [2.05, 4.69) is 63.5 Å². The molecule has 0 spiro atoms. The van der Waals surface area contributed by atoms with Gasteiger partial charge < -0.3 is 15.1 Å². The molecule has 38 heavy (non-hydrogen) atoms. The van der Waals surface area contributed by atoms with Crippen LogP contribution in [-0.4, -0.2) is 57.9 Å². The predicted molar refractivity (Wildman–Crippen MR) is 151 cm³/mol. The van der Waals surface area contributed by atoms with E-state index < -0.39 is 0 Å². The van der Waals surface area contributed by atoms with Crippen molar-refractivity contribution in [2.75, 3.05) is 43.4 Å². The van der Waals surface area contributed by atoms with Crippen molar-refractivity contribution in [2.45, 2.75) is 38.1 Å². The largest absolute Gasteiger partial charge is 0.369 e. The van der Waals surface area contributed by atoms with Crippen molar-refractivity contribution in [3.8, 4) is 17.3 Å². The Morgan fingerprint density at radius 1 is 1.03 bits per heavy atom. The minimum absolute atomic E-state index is 0.131. The molecule has 194 valence electrons. The second-order valence-corrected chi connectivity index (χ2v) is 10.6. The topological polar surface area (TPSA) is 85.9 Å². The Kier molecular flexibility index (Phi) is 6.93. The van der Waals surface area contributed by atoms with Crippen LogP contribution in [0.15, 0.2) is 60.9 Å². The first-order valence-corrected chi connectivity index (χ1v) is 13.7. The second-order valence-electron chi connectivity index (χ2n) is 10.6. The van der Waals surface area contributed by atoms with E-state index in [-0.39, 0.29) is 6.04 Å². The van der Waals surface area contributed by atoms with Crippen LogP contribution in [0.2, 0.25) is 0 Å². The fraction of sp³-hybridized carbons (Fsp3) is 0.400. The van der Waals surface area contributed by atoms with E-state index in [1.807, 2.05) is 35.3 Å². The molecule has 6 rings (SSSR count). The Labute approximate surface area is 223 Å². The monoisotopic (exact) mass is 506 g/mol. The van der Waals surface area contributed by atoms with Gasteiger partial charge in [-0.3, -0.25) is 4.68 Å². The van der Waals surface area contributed by atoms with Crippen molar-refractivity contribution in [3.05, 3.63) is 60.9 Å². The first-order valence-electron chi connectivity index (χ1n) is 13.7. The van der Waals surface area contributed by atoms with Crippen molar-refractivity contribution in [2.24, 2.45) is 5.92 Å². The van der Waals surface area contributed by atoms with Crippen molar-refractivity contribution in [3.63, 3.8) is 0 Å². The third kappa shape index (κ3) is 5.07. The molecule has 1 aliphatic carbocycles. The van der Waals surface area contributed by atoms with E-state index in [1.54, 1.807) is 0 Å². The lowest BCUT2D eigenvalue weighted by molar-refractivity contribution is 0.313. The van der Waals surface area contributed by atoms with E-state index in [0.717, 1.165) is 54.0 Å². The molecule has 1 unspecified atom stereocenters. The van der Waals surface area contributed by atoms with E-state index in [0.29, 0.717) is 18.3 Å². The van der Waals surface area contributed by atoms with E-state index in [1.165, 1.54) is 31.4 Å². The van der Waals surface area contributed by atoms with Crippen LogP contribution in [0.1, 0.15) is 38.1 Å². The summed E-state index contributed by atoms with van der Waals surface area (Å²) in [6.45, 7) is 4.27. The zero-order chi connectivity index (χ0) is 25.9. The molecule has 4 aromatic rings. The zero-order valence-corrected chi connectivity index (χ0v) is 21.9. The number of hydrogen-bond acceptors (Lipinski definition) is 7. The molecule has 1 saturated heterocycles. The minimum atomic E-state index is 0.131. The number of nitrogens with one attached hydrogen (secondary N) is 1. The summed E-state index contributed by atoms with van der Waals surface area (Å²) in [5.74, 6) is 1.08. The maximum Gasteiger partial charge on any atom is 0.227 e. The molecule has 2 aliphatic rings. The van der Waals surface area contributed by atoms with Crippen LogP contribution in [0.5, 0.6) is 0 Å². The van der Waals surface area contributed by atoms with Gasteiger partial charge in [0.2, 0.25) is 5.95 Å². The minimum Gasteiger partial charge on any atom is -0.369 e. The normalized spacial score (nSPS) is 17.5. The highest BCUT2D eigenvalue weighted by atomic mass is 15.3. The van der Waals surface area contributed by atoms with Gasteiger partial charge in [0.15, 0.2) is 0 Å². The van der Waals surface area contributed by atoms with Gasteiger partial charge in [-0.1, -0.05) is 31.0 Å². The fourth-order valence-electron chi connectivity index (χ4n) is 5.85. The first-order chi connectivity index (χ1) is 18.7. The standard InChI is InChI=1S/C30H34N8/c1-36-17-19-37(20-18-36)25-11-9-24(10-12-25)33-30-32-21-23-7-4-8-26(29(23)34-30)27-14-16-38(35-27)28(13-15-31)22-5-2-3-6-22/h4,7-12,14,16,21-22,28H,2-3,5-6,13,17-20H2,1H3,(H,32,33,34). The molecular formula is C30H34N8. The number of likely N-dealkylation sites (N-methyl/N-ethyl adjacent to an activating group) is 1. The average Bonchev–Trinajstić information content (AvgIpc) is 3.66. The molecule has 2 aromatic heterocycles. The number of anilines is 3. The highest BCUT2D eigenvalue weighted by Gasteiger charge is 2.27. The quantitative estimate of drug-likeness (QED) is 0.347. The summed E-state index contributed by atoms with van der Waals surface area (Å²) in [5, 5.41) is 18.7. The lowest BCUT2D eigenvalue weighted by atomic mass is 9.96. The van der Waals surface area contributed by atoms with Crippen LogP contribution in [0.4, 0.5) is 17.3 Å². The second kappa shape index (κ2) is 10.8. The molecule has 8 nitrogen and oxygen atoms in total. The molecule has 0 radical (unpaired) electrons. The number of rotatable bonds is 7. The smallest absolute Gasteiger partial charge is 0.227 e. The third-order valence-corrected chi connectivity index (χ3v) is 8.07. The van der Waals surface area contributed by atoms with Crippen LogP contribution in [0.25, 0.3) is 22.2 Å². The summed E-state index contributed by atoms with van der Waals surface area (Å²) < 4.78 is 2.01. The summed E-state index contributed by atoms with van der Waals surface area (Å²) in [6.07, 6.45) is 9.22. The van der Waals surface area contributed by atoms with Gasteiger partial charge in [0.05, 0.1) is 29.7 Å². The molecule has 1 atom stereocenters. The van der Waals surface area contributed by atoms with Crippen molar-refractivity contribution in [1.82, 2.24) is 24.6 Å². The van der Waals surface area contributed by atoms with E-state index in [9.17, 15) is 5.26 Å². The average molecular weight is 507 g/mol. The van der Waals surface area contributed by atoms with Crippen LogP contribution in [0.3, 0.4) is 0 Å². The first kappa shape index (κ1) is 24.4. The maximum atomic E-state index is 9.45. The number of nitrogens with zero attached hydrogens (tertiary/aromatic N) is 7. The number of benzene rings is 2. The molecule has 1 N–H and O–H groups in total. The molecule has 8 heteroatoms. The number of hydrogen-bond donors (Lipinski definition) is 1. The Hall–Kier alpha value is -3.96.